The molecule has 0 bridgehead atoms. The number of hydrogen-bond acceptors (Lipinski definition) is 3. The van der Waals surface area contributed by atoms with Gasteiger partial charge >= 0.3 is 5.97 Å². The zero-order valence-electron chi connectivity index (χ0n) is 9.54. The Labute approximate surface area is 100 Å². The first-order valence-electron chi connectivity index (χ1n) is 5.39. The van der Waals surface area contributed by atoms with E-state index in [1.807, 2.05) is 42.5 Å². The van der Waals surface area contributed by atoms with Crippen molar-refractivity contribution >= 4 is 5.97 Å². The molecule has 1 aromatic carbocycles. The molecule has 1 heterocycles. The van der Waals surface area contributed by atoms with Crippen molar-refractivity contribution in [2.75, 3.05) is 0 Å². The van der Waals surface area contributed by atoms with E-state index in [1.165, 1.54) is 6.92 Å². The Kier molecular flexibility index (Phi) is 3.50. The van der Waals surface area contributed by atoms with Crippen molar-refractivity contribution in [2.45, 2.75) is 13.0 Å². The Morgan fingerprint density at radius 2 is 1.82 bits per heavy atom. The van der Waals surface area contributed by atoms with Gasteiger partial charge in [-0.05, 0) is 11.6 Å². The first-order chi connectivity index (χ1) is 8.27. The third-order valence-corrected chi connectivity index (χ3v) is 2.37. The molecule has 0 radical (unpaired) electrons. The van der Waals surface area contributed by atoms with E-state index in [-0.39, 0.29) is 12.1 Å². The van der Waals surface area contributed by atoms with Crippen molar-refractivity contribution < 1.29 is 9.53 Å². The van der Waals surface area contributed by atoms with Gasteiger partial charge in [0.1, 0.15) is 0 Å². The van der Waals surface area contributed by atoms with Crippen LogP contribution in [0.2, 0.25) is 0 Å². The number of carbonyl (C=O) groups excluding carboxylic acids is 1. The highest BCUT2D eigenvalue weighted by atomic mass is 16.5. The van der Waals surface area contributed by atoms with Crippen molar-refractivity contribution in [3.63, 3.8) is 0 Å². The monoisotopic (exact) mass is 227 g/mol. The second kappa shape index (κ2) is 5.25. The fourth-order valence-electron chi connectivity index (χ4n) is 1.65. The molecule has 0 saturated heterocycles. The van der Waals surface area contributed by atoms with Crippen molar-refractivity contribution in [2.24, 2.45) is 0 Å². The molecule has 3 heteroatoms. The number of pyridine rings is 1. The molecular formula is C14H13NO2. The third-order valence-electron chi connectivity index (χ3n) is 2.37. The summed E-state index contributed by atoms with van der Waals surface area (Å²) in [6, 6.07) is 13.4. The molecule has 0 aliphatic rings. The molecule has 1 aromatic heterocycles. The zero-order chi connectivity index (χ0) is 12.1. The Balaban J connectivity index is 2.36. The minimum absolute atomic E-state index is 0.303. The number of benzene rings is 1. The van der Waals surface area contributed by atoms with Crippen LogP contribution >= 0.6 is 0 Å². The van der Waals surface area contributed by atoms with Crippen molar-refractivity contribution in [1.29, 1.82) is 0 Å². The number of aromatic nitrogens is 1. The summed E-state index contributed by atoms with van der Waals surface area (Å²) in [6.07, 6.45) is 3.02. The molecule has 2 aromatic rings. The average Bonchev–Trinajstić information content (AvgIpc) is 2.38. The molecular weight excluding hydrogens is 214 g/mol. The van der Waals surface area contributed by atoms with Gasteiger partial charge in [0.2, 0.25) is 0 Å². The standard InChI is InChI=1S/C14H13NO2/c1-11(16)17-14(12-6-3-2-4-7-12)13-8-5-9-15-10-13/h2-10,14H,1H3/t14-/m1/s1. The highest BCUT2D eigenvalue weighted by molar-refractivity contribution is 5.66. The smallest absolute Gasteiger partial charge is 0.303 e. The van der Waals surface area contributed by atoms with Gasteiger partial charge in [-0.1, -0.05) is 36.4 Å². The number of ether oxygens (including phenoxy) is 1. The molecule has 0 spiro atoms. The Bertz CT molecular complexity index is 443. The van der Waals surface area contributed by atoms with E-state index in [0.29, 0.717) is 0 Å². The molecule has 17 heavy (non-hydrogen) atoms. The lowest BCUT2D eigenvalue weighted by atomic mass is 10.0. The molecule has 0 N–H and O–H groups in total. The average molecular weight is 227 g/mol. The van der Waals surface area contributed by atoms with E-state index in [9.17, 15) is 4.79 Å². The van der Waals surface area contributed by atoms with Crippen molar-refractivity contribution in [3.8, 4) is 0 Å². The second-order valence-corrected chi connectivity index (χ2v) is 3.69. The summed E-state index contributed by atoms with van der Waals surface area (Å²) < 4.78 is 5.34. The van der Waals surface area contributed by atoms with Crippen LogP contribution in [0.5, 0.6) is 0 Å². The van der Waals surface area contributed by atoms with E-state index in [2.05, 4.69) is 4.98 Å². The van der Waals surface area contributed by atoms with E-state index in [0.717, 1.165) is 11.1 Å². The Hall–Kier alpha value is -2.16. The van der Waals surface area contributed by atoms with E-state index >= 15 is 0 Å². The van der Waals surface area contributed by atoms with Gasteiger partial charge < -0.3 is 4.74 Å². The lowest BCUT2D eigenvalue weighted by Crippen LogP contribution is -2.10. The lowest BCUT2D eigenvalue weighted by Gasteiger charge is -2.17. The zero-order valence-corrected chi connectivity index (χ0v) is 9.54. The highest BCUT2D eigenvalue weighted by Crippen LogP contribution is 2.25. The van der Waals surface area contributed by atoms with Crippen molar-refractivity contribution in [3.05, 3.63) is 66.0 Å². The van der Waals surface area contributed by atoms with E-state index in [4.69, 9.17) is 4.74 Å². The van der Waals surface area contributed by atoms with Crippen LogP contribution in [0.25, 0.3) is 0 Å². The first-order valence-corrected chi connectivity index (χ1v) is 5.39. The minimum atomic E-state index is -0.387. The van der Waals surface area contributed by atoms with Gasteiger partial charge in [0, 0.05) is 24.9 Å². The number of carbonyl (C=O) groups is 1. The summed E-state index contributed by atoms with van der Waals surface area (Å²) in [5, 5.41) is 0. The summed E-state index contributed by atoms with van der Waals surface area (Å²) in [5.74, 6) is -0.303. The van der Waals surface area contributed by atoms with Crippen LogP contribution in [0.1, 0.15) is 24.2 Å². The summed E-state index contributed by atoms with van der Waals surface area (Å²) in [4.78, 5) is 15.2. The quantitative estimate of drug-likeness (QED) is 0.757. The molecule has 0 aliphatic carbocycles. The van der Waals surface area contributed by atoms with Crippen LogP contribution in [0, 0.1) is 0 Å². The van der Waals surface area contributed by atoms with Gasteiger partial charge in [-0.15, -0.1) is 0 Å². The van der Waals surface area contributed by atoms with Gasteiger partial charge in [-0.2, -0.15) is 0 Å². The van der Waals surface area contributed by atoms with E-state index in [1.54, 1.807) is 12.4 Å². The number of esters is 1. The fraction of sp³-hybridized carbons (Fsp3) is 0.143. The summed E-state index contributed by atoms with van der Waals surface area (Å²) >= 11 is 0. The van der Waals surface area contributed by atoms with Gasteiger partial charge in [0.15, 0.2) is 6.10 Å². The predicted octanol–water partition coefficient (Wildman–Crippen LogP) is 2.73. The first kappa shape index (κ1) is 11.3. The van der Waals surface area contributed by atoms with Crippen LogP contribution in [0.3, 0.4) is 0 Å². The van der Waals surface area contributed by atoms with Crippen LogP contribution in [0.15, 0.2) is 54.9 Å². The normalized spacial score (nSPS) is 11.8. The topological polar surface area (TPSA) is 39.2 Å². The summed E-state index contributed by atoms with van der Waals surface area (Å²) in [5.41, 5.74) is 1.81. The molecule has 0 fully saturated rings. The maximum atomic E-state index is 11.2. The largest absolute Gasteiger partial charge is 0.453 e. The van der Waals surface area contributed by atoms with Gasteiger partial charge in [0.25, 0.3) is 0 Å². The maximum Gasteiger partial charge on any atom is 0.303 e. The molecule has 0 amide bonds. The molecule has 86 valence electrons. The van der Waals surface area contributed by atoms with Crippen LogP contribution in [-0.4, -0.2) is 11.0 Å². The summed E-state index contributed by atoms with van der Waals surface area (Å²) in [7, 11) is 0. The SMILES string of the molecule is CC(=O)O[C@H](c1ccccc1)c1cccnc1. The van der Waals surface area contributed by atoms with Crippen LogP contribution in [0.4, 0.5) is 0 Å². The molecule has 0 unspecified atom stereocenters. The lowest BCUT2D eigenvalue weighted by molar-refractivity contribution is -0.144. The molecule has 2 rings (SSSR count). The fourth-order valence-corrected chi connectivity index (χ4v) is 1.65. The van der Waals surface area contributed by atoms with Crippen LogP contribution in [-0.2, 0) is 9.53 Å². The third kappa shape index (κ3) is 2.91. The number of hydrogen-bond donors (Lipinski definition) is 0. The number of rotatable bonds is 3. The van der Waals surface area contributed by atoms with Gasteiger partial charge in [-0.25, -0.2) is 0 Å². The predicted molar refractivity (Wildman–Crippen MR) is 64.3 cm³/mol. The summed E-state index contributed by atoms with van der Waals surface area (Å²) in [6.45, 7) is 1.41. The molecule has 0 saturated carbocycles. The van der Waals surface area contributed by atoms with Crippen molar-refractivity contribution in [1.82, 2.24) is 4.98 Å². The maximum absolute atomic E-state index is 11.2. The minimum Gasteiger partial charge on any atom is -0.453 e. The molecule has 0 aliphatic heterocycles. The molecule has 1 atom stereocenters. The highest BCUT2D eigenvalue weighted by Gasteiger charge is 2.16. The van der Waals surface area contributed by atoms with Crippen LogP contribution < -0.4 is 0 Å². The number of nitrogens with zero attached hydrogens (tertiary/aromatic N) is 1. The van der Waals surface area contributed by atoms with Gasteiger partial charge in [-0.3, -0.25) is 9.78 Å². The molecule has 3 nitrogen and oxygen atoms in total. The van der Waals surface area contributed by atoms with E-state index < -0.39 is 0 Å². The Morgan fingerprint density at radius 1 is 1.12 bits per heavy atom. The second-order valence-electron chi connectivity index (χ2n) is 3.69. The van der Waals surface area contributed by atoms with Gasteiger partial charge in [0.05, 0.1) is 0 Å². The Morgan fingerprint density at radius 3 is 2.41 bits per heavy atom.